The number of H-pyrrole nitrogens is 1. The molecule has 0 bridgehead atoms. The lowest BCUT2D eigenvalue weighted by Crippen LogP contribution is -1.83. The second kappa shape index (κ2) is 3.16. The molecule has 2 nitrogen and oxygen atoms in total. The van der Waals surface area contributed by atoms with E-state index in [1.807, 2.05) is 0 Å². The third-order valence-corrected chi connectivity index (χ3v) is 2.23. The van der Waals surface area contributed by atoms with Gasteiger partial charge >= 0.3 is 0 Å². The van der Waals surface area contributed by atoms with Gasteiger partial charge in [-0.1, -0.05) is 35.3 Å². The Balaban J connectivity index is 2.75. The van der Waals surface area contributed by atoms with Gasteiger partial charge in [0.2, 0.25) is 0 Å². The van der Waals surface area contributed by atoms with E-state index in [1.165, 1.54) is 0 Å². The Morgan fingerprint density at radius 3 is 2.85 bits per heavy atom. The van der Waals surface area contributed by atoms with E-state index in [1.54, 1.807) is 18.2 Å². The molecule has 0 radical (unpaired) electrons. The van der Waals surface area contributed by atoms with E-state index in [9.17, 15) is 4.39 Å². The standard InChI is InChI=1S/C8H5Cl2FN2/c9-7(10)4-2-1-3-5-6(4)13-8(11)12-5/h1-3,7H,(H,12,13). The van der Waals surface area contributed by atoms with Crippen LogP contribution in [0.1, 0.15) is 10.4 Å². The van der Waals surface area contributed by atoms with Crippen molar-refractivity contribution in [1.82, 2.24) is 9.97 Å². The quantitative estimate of drug-likeness (QED) is 0.733. The van der Waals surface area contributed by atoms with Crippen LogP contribution in [0, 0.1) is 6.08 Å². The highest BCUT2D eigenvalue weighted by Crippen LogP contribution is 2.29. The van der Waals surface area contributed by atoms with E-state index in [2.05, 4.69) is 9.97 Å². The Kier molecular flexibility index (Phi) is 2.14. The van der Waals surface area contributed by atoms with Gasteiger partial charge in [-0.15, -0.1) is 0 Å². The number of nitrogens with one attached hydrogen (secondary N) is 1. The zero-order chi connectivity index (χ0) is 9.42. The van der Waals surface area contributed by atoms with Gasteiger partial charge in [-0.05, 0) is 6.07 Å². The van der Waals surface area contributed by atoms with Crippen LogP contribution in [0.25, 0.3) is 11.0 Å². The molecule has 0 unspecified atom stereocenters. The maximum Gasteiger partial charge on any atom is 0.287 e. The summed E-state index contributed by atoms with van der Waals surface area (Å²) in [7, 11) is 0. The van der Waals surface area contributed by atoms with Crippen molar-refractivity contribution in [2.45, 2.75) is 4.84 Å². The van der Waals surface area contributed by atoms with Crippen LogP contribution in [0.3, 0.4) is 0 Å². The summed E-state index contributed by atoms with van der Waals surface area (Å²) >= 11 is 11.4. The first-order valence-corrected chi connectivity index (χ1v) is 4.48. The molecule has 0 spiro atoms. The lowest BCUT2D eigenvalue weighted by Gasteiger charge is -2.01. The Hall–Kier alpha value is -0.800. The van der Waals surface area contributed by atoms with Gasteiger partial charge in [0.25, 0.3) is 6.08 Å². The fraction of sp³-hybridized carbons (Fsp3) is 0.125. The van der Waals surface area contributed by atoms with Crippen molar-refractivity contribution in [3.05, 3.63) is 29.8 Å². The molecule has 1 N–H and O–H groups in total. The number of nitrogens with zero attached hydrogens (tertiary/aromatic N) is 1. The monoisotopic (exact) mass is 218 g/mol. The smallest absolute Gasteiger partial charge is 0.287 e. The number of benzene rings is 1. The van der Waals surface area contributed by atoms with Crippen molar-refractivity contribution >= 4 is 34.2 Å². The van der Waals surface area contributed by atoms with Gasteiger partial charge in [0.05, 0.1) is 11.0 Å². The number of alkyl halides is 2. The SMILES string of the molecule is Fc1nc2cccc(C(Cl)Cl)c2[nH]1. The van der Waals surface area contributed by atoms with Crippen LogP contribution >= 0.6 is 23.2 Å². The molecule has 68 valence electrons. The lowest BCUT2D eigenvalue weighted by atomic mass is 10.2. The van der Waals surface area contributed by atoms with Crippen molar-refractivity contribution < 1.29 is 4.39 Å². The van der Waals surface area contributed by atoms with Crippen LogP contribution in [-0.2, 0) is 0 Å². The summed E-state index contributed by atoms with van der Waals surface area (Å²) in [4.78, 5) is 5.40. The van der Waals surface area contributed by atoms with Gasteiger partial charge in [-0.3, -0.25) is 0 Å². The van der Waals surface area contributed by atoms with Crippen LogP contribution in [-0.4, -0.2) is 9.97 Å². The molecule has 0 aliphatic heterocycles. The van der Waals surface area contributed by atoms with Crippen LogP contribution < -0.4 is 0 Å². The molecule has 0 aliphatic carbocycles. The molecule has 0 aliphatic rings. The summed E-state index contributed by atoms with van der Waals surface area (Å²) in [5.74, 6) is 0. The fourth-order valence-electron chi connectivity index (χ4n) is 1.21. The number of rotatable bonds is 1. The van der Waals surface area contributed by atoms with E-state index in [0.717, 1.165) is 0 Å². The molecular weight excluding hydrogens is 214 g/mol. The van der Waals surface area contributed by atoms with Gasteiger partial charge in [-0.2, -0.15) is 4.39 Å². The molecule has 0 fully saturated rings. The Bertz CT molecular complexity index is 439. The Morgan fingerprint density at radius 2 is 2.15 bits per heavy atom. The van der Waals surface area contributed by atoms with Crippen molar-refractivity contribution in [3.63, 3.8) is 0 Å². The summed E-state index contributed by atoms with van der Waals surface area (Å²) in [6.07, 6.45) is -0.628. The second-order valence-electron chi connectivity index (χ2n) is 2.57. The number of aromatic nitrogens is 2. The van der Waals surface area contributed by atoms with Crippen molar-refractivity contribution in [2.75, 3.05) is 0 Å². The van der Waals surface area contributed by atoms with Gasteiger partial charge in [0.1, 0.15) is 4.84 Å². The first kappa shape index (κ1) is 8.78. The predicted molar refractivity (Wildman–Crippen MR) is 50.5 cm³/mol. The van der Waals surface area contributed by atoms with Crippen LogP contribution in [0.5, 0.6) is 0 Å². The summed E-state index contributed by atoms with van der Waals surface area (Å²) in [6, 6.07) is 5.15. The highest BCUT2D eigenvalue weighted by atomic mass is 35.5. The summed E-state index contributed by atoms with van der Waals surface area (Å²) in [5.41, 5.74) is 1.72. The van der Waals surface area contributed by atoms with Gasteiger partial charge in [0, 0.05) is 5.56 Å². The highest BCUT2D eigenvalue weighted by Gasteiger charge is 2.11. The molecule has 0 saturated heterocycles. The first-order chi connectivity index (χ1) is 6.18. The largest absolute Gasteiger partial charge is 0.314 e. The normalized spacial score (nSPS) is 11.4. The van der Waals surface area contributed by atoms with Gasteiger partial charge < -0.3 is 4.98 Å². The topological polar surface area (TPSA) is 28.7 Å². The molecule has 1 aromatic carbocycles. The number of halogens is 3. The summed E-state index contributed by atoms with van der Waals surface area (Å²) in [5, 5.41) is 0. The first-order valence-electron chi connectivity index (χ1n) is 3.61. The maximum atomic E-state index is 12.7. The molecular formula is C8H5Cl2FN2. The minimum absolute atomic E-state index is 0.529. The number of imidazole rings is 1. The zero-order valence-electron chi connectivity index (χ0n) is 6.39. The minimum Gasteiger partial charge on any atom is -0.314 e. The average molecular weight is 219 g/mol. The number of aromatic amines is 1. The van der Waals surface area contributed by atoms with E-state index in [4.69, 9.17) is 23.2 Å². The van der Waals surface area contributed by atoms with Crippen molar-refractivity contribution in [1.29, 1.82) is 0 Å². The predicted octanol–water partition coefficient (Wildman–Crippen LogP) is 3.18. The molecule has 1 aromatic heterocycles. The van der Waals surface area contributed by atoms with Crippen molar-refractivity contribution in [3.8, 4) is 0 Å². The molecule has 2 rings (SSSR count). The molecule has 13 heavy (non-hydrogen) atoms. The molecule has 0 amide bonds. The molecule has 0 saturated carbocycles. The van der Waals surface area contributed by atoms with E-state index < -0.39 is 10.9 Å². The van der Waals surface area contributed by atoms with Gasteiger partial charge in [-0.25, -0.2) is 4.98 Å². The van der Waals surface area contributed by atoms with Crippen LogP contribution in [0.15, 0.2) is 18.2 Å². The van der Waals surface area contributed by atoms with Crippen LogP contribution in [0.2, 0.25) is 0 Å². The molecule has 5 heteroatoms. The third-order valence-electron chi connectivity index (χ3n) is 1.76. The highest BCUT2D eigenvalue weighted by molar-refractivity contribution is 6.44. The Morgan fingerprint density at radius 1 is 1.38 bits per heavy atom. The summed E-state index contributed by atoms with van der Waals surface area (Å²) < 4.78 is 12.7. The lowest BCUT2D eigenvalue weighted by molar-refractivity contribution is 0.556. The third kappa shape index (κ3) is 1.49. The average Bonchev–Trinajstić information content (AvgIpc) is 2.43. The Labute approximate surface area is 83.7 Å². The maximum absolute atomic E-state index is 12.7. The molecule has 1 heterocycles. The van der Waals surface area contributed by atoms with Crippen LogP contribution in [0.4, 0.5) is 4.39 Å². The number of hydrogen-bond acceptors (Lipinski definition) is 1. The number of fused-ring (bicyclic) bond motifs is 1. The number of hydrogen-bond donors (Lipinski definition) is 1. The van der Waals surface area contributed by atoms with E-state index in [0.29, 0.717) is 16.6 Å². The van der Waals surface area contributed by atoms with E-state index >= 15 is 0 Å². The van der Waals surface area contributed by atoms with E-state index in [-0.39, 0.29) is 0 Å². The summed E-state index contributed by atoms with van der Waals surface area (Å²) in [6.45, 7) is 0. The minimum atomic E-state index is -0.677. The van der Waals surface area contributed by atoms with Crippen molar-refractivity contribution in [2.24, 2.45) is 0 Å². The zero-order valence-corrected chi connectivity index (χ0v) is 7.90. The second-order valence-corrected chi connectivity index (χ2v) is 3.67. The fourth-order valence-corrected chi connectivity index (χ4v) is 1.57. The molecule has 2 aromatic rings. The number of para-hydroxylation sites is 1. The molecule has 0 atom stereocenters. The van der Waals surface area contributed by atoms with Gasteiger partial charge in [0.15, 0.2) is 0 Å².